The molecular formula is C16H25NO4. The number of amides is 1. The van der Waals surface area contributed by atoms with Crippen molar-refractivity contribution in [2.75, 3.05) is 19.7 Å². The predicted molar refractivity (Wildman–Crippen MR) is 78.4 cm³/mol. The first-order chi connectivity index (χ1) is 10.1. The van der Waals surface area contributed by atoms with Gasteiger partial charge >= 0.3 is 12.1 Å². The fraction of sp³-hybridized carbons (Fsp3) is 0.750. The number of fused-ring (bicyclic) bond motifs is 2. The number of ether oxygens (including phenoxy) is 2. The molecule has 2 aliphatic rings. The largest absolute Gasteiger partial charge is 0.466 e. The number of carbonyl (C=O) groups is 2. The Kier molecular flexibility index (Phi) is 5.26. The minimum atomic E-state index is -0.330. The fourth-order valence-electron chi connectivity index (χ4n) is 4.02. The fourth-order valence-corrected chi connectivity index (χ4v) is 4.02. The van der Waals surface area contributed by atoms with Crippen molar-refractivity contribution in [1.82, 2.24) is 4.90 Å². The Balaban J connectivity index is 2.07. The maximum atomic E-state index is 12.1. The van der Waals surface area contributed by atoms with E-state index in [-0.39, 0.29) is 18.0 Å². The molecular weight excluding hydrogens is 270 g/mol. The normalized spacial score (nSPS) is 29.4. The Bertz CT molecular complexity index is 395. The van der Waals surface area contributed by atoms with Crippen LogP contribution in [0.4, 0.5) is 4.79 Å². The van der Waals surface area contributed by atoms with E-state index < -0.39 is 0 Å². The number of hydrogen-bond donors (Lipinski definition) is 0. The highest BCUT2D eigenvalue weighted by atomic mass is 16.5. The minimum Gasteiger partial charge on any atom is -0.466 e. The molecule has 2 fully saturated rings. The molecule has 21 heavy (non-hydrogen) atoms. The molecule has 0 spiro atoms. The Morgan fingerprint density at radius 1 is 1.33 bits per heavy atom. The molecule has 118 valence electrons. The lowest BCUT2D eigenvalue weighted by Crippen LogP contribution is -2.53. The highest BCUT2D eigenvalue weighted by Gasteiger charge is 2.45. The molecule has 1 saturated carbocycles. The average molecular weight is 295 g/mol. The summed E-state index contributed by atoms with van der Waals surface area (Å²) < 4.78 is 10.1. The molecule has 2 rings (SSSR count). The van der Waals surface area contributed by atoms with E-state index in [1.165, 1.54) is 12.7 Å². The van der Waals surface area contributed by atoms with E-state index in [4.69, 9.17) is 9.47 Å². The SMILES string of the molecule is C=COC(=O)N1CC2CCCC(C1)C2C(C)C(=O)OCC. The number of rotatable bonds is 4. The van der Waals surface area contributed by atoms with Crippen LogP contribution in [0.5, 0.6) is 0 Å². The van der Waals surface area contributed by atoms with Crippen LogP contribution in [-0.2, 0) is 14.3 Å². The van der Waals surface area contributed by atoms with E-state index in [2.05, 4.69) is 6.58 Å². The molecule has 2 bridgehead atoms. The Morgan fingerprint density at radius 2 is 1.95 bits per heavy atom. The summed E-state index contributed by atoms with van der Waals surface area (Å²) in [6.45, 7) is 8.97. The second-order valence-corrected chi connectivity index (χ2v) is 6.02. The van der Waals surface area contributed by atoms with Gasteiger partial charge in [0.2, 0.25) is 0 Å². The van der Waals surface area contributed by atoms with Crippen LogP contribution in [0.3, 0.4) is 0 Å². The van der Waals surface area contributed by atoms with E-state index in [9.17, 15) is 9.59 Å². The molecule has 1 aliphatic heterocycles. The van der Waals surface area contributed by atoms with Gasteiger partial charge in [-0.3, -0.25) is 4.79 Å². The van der Waals surface area contributed by atoms with Crippen molar-refractivity contribution in [2.45, 2.75) is 33.1 Å². The van der Waals surface area contributed by atoms with Crippen molar-refractivity contribution in [3.05, 3.63) is 12.8 Å². The minimum absolute atomic E-state index is 0.0992. The second kappa shape index (κ2) is 6.96. The van der Waals surface area contributed by atoms with Crippen LogP contribution in [0.1, 0.15) is 33.1 Å². The molecule has 1 amide bonds. The Labute approximate surface area is 126 Å². The van der Waals surface area contributed by atoms with E-state index in [1.54, 1.807) is 4.90 Å². The number of nitrogens with zero attached hydrogens (tertiary/aromatic N) is 1. The van der Waals surface area contributed by atoms with Gasteiger partial charge in [-0.05, 0) is 37.5 Å². The maximum Gasteiger partial charge on any atom is 0.414 e. The van der Waals surface area contributed by atoms with E-state index in [1.807, 2.05) is 13.8 Å². The van der Waals surface area contributed by atoms with Crippen LogP contribution in [0.2, 0.25) is 0 Å². The predicted octanol–water partition coefficient (Wildman–Crippen LogP) is 2.81. The third-order valence-electron chi connectivity index (χ3n) is 4.83. The zero-order chi connectivity index (χ0) is 15.4. The monoisotopic (exact) mass is 295 g/mol. The Morgan fingerprint density at radius 3 is 2.48 bits per heavy atom. The molecule has 0 aromatic carbocycles. The van der Waals surface area contributed by atoms with E-state index in [0.717, 1.165) is 12.8 Å². The van der Waals surface area contributed by atoms with E-state index >= 15 is 0 Å². The molecule has 1 saturated heterocycles. The van der Waals surface area contributed by atoms with Crippen molar-refractivity contribution >= 4 is 12.1 Å². The first-order valence-corrected chi connectivity index (χ1v) is 7.81. The zero-order valence-corrected chi connectivity index (χ0v) is 12.9. The van der Waals surface area contributed by atoms with Gasteiger partial charge in [0, 0.05) is 13.1 Å². The summed E-state index contributed by atoms with van der Waals surface area (Å²) in [7, 11) is 0. The average Bonchev–Trinajstić information content (AvgIpc) is 2.45. The van der Waals surface area contributed by atoms with Gasteiger partial charge in [0.1, 0.15) is 0 Å². The van der Waals surface area contributed by atoms with Crippen molar-refractivity contribution in [3.63, 3.8) is 0 Å². The summed E-state index contributed by atoms with van der Waals surface area (Å²) in [4.78, 5) is 25.7. The van der Waals surface area contributed by atoms with E-state index in [0.29, 0.717) is 37.5 Å². The third kappa shape index (κ3) is 3.39. The van der Waals surface area contributed by atoms with Crippen molar-refractivity contribution in [1.29, 1.82) is 0 Å². The molecule has 5 heteroatoms. The van der Waals surface area contributed by atoms with Crippen LogP contribution in [0, 0.1) is 23.7 Å². The van der Waals surface area contributed by atoms with Gasteiger partial charge < -0.3 is 14.4 Å². The van der Waals surface area contributed by atoms with Gasteiger partial charge in [0.15, 0.2) is 0 Å². The smallest absolute Gasteiger partial charge is 0.414 e. The number of esters is 1. The number of carbonyl (C=O) groups excluding carboxylic acids is 2. The highest BCUT2D eigenvalue weighted by Crippen LogP contribution is 2.44. The first-order valence-electron chi connectivity index (χ1n) is 7.81. The van der Waals surface area contributed by atoms with Crippen LogP contribution < -0.4 is 0 Å². The molecule has 1 heterocycles. The van der Waals surface area contributed by atoms with Gasteiger partial charge in [-0.25, -0.2) is 4.79 Å². The number of hydrogen-bond acceptors (Lipinski definition) is 4. The molecule has 0 aromatic rings. The van der Waals surface area contributed by atoms with Crippen molar-refractivity contribution in [2.24, 2.45) is 23.7 Å². The summed E-state index contributed by atoms with van der Waals surface area (Å²) in [5, 5.41) is 0. The molecule has 3 atom stereocenters. The Hall–Kier alpha value is -1.52. The molecule has 0 aromatic heterocycles. The van der Waals surface area contributed by atoms with Crippen LogP contribution >= 0.6 is 0 Å². The van der Waals surface area contributed by atoms with Crippen LogP contribution in [-0.4, -0.2) is 36.7 Å². The molecule has 5 nitrogen and oxygen atoms in total. The summed E-state index contributed by atoms with van der Waals surface area (Å²) in [5.41, 5.74) is 0. The first kappa shape index (κ1) is 15.9. The number of likely N-dealkylation sites (tertiary alicyclic amines) is 1. The van der Waals surface area contributed by atoms with Crippen molar-refractivity contribution in [3.8, 4) is 0 Å². The number of piperidine rings is 1. The summed E-state index contributed by atoms with van der Waals surface area (Å²) in [6.07, 6.45) is 4.13. The standard InChI is InChI=1S/C16H25NO4/c1-4-20-15(18)11(3)14-12-7-6-8-13(14)10-17(9-12)16(19)21-5-2/h5,11-14H,2,4,6-10H2,1,3H3. The molecule has 1 aliphatic carbocycles. The zero-order valence-electron chi connectivity index (χ0n) is 12.9. The lowest BCUT2D eigenvalue weighted by molar-refractivity contribution is -0.153. The van der Waals surface area contributed by atoms with Gasteiger partial charge in [-0.1, -0.05) is 19.9 Å². The molecule has 3 unspecified atom stereocenters. The molecule has 0 radical (unpaired) electrons. The lowest BCUT2D eigenvalue weighted by Gasteiger charge is -2.48. The van der Waals surface area contributed by atoms with Gasteiger partial charge in [-0.2, -0.15) is 0 Å². The summed E-state index contributed by atoms with van der Waals surface area (Å²) in [6, 6.07) is 0. The summed E-state index contributed by atoms with van der Waals surface area (Å²) >= 11 is 0. The lowest BCUT2D eigenvalue weighted by atomic mass is 9.64. The molecule has 0 N–H and O–H groups in total. The topological polar surface area (TPSA) is 55.8 Å². The quantitative estimate of drug-likeness (QED) is 0.591. The second-order valence-electron chi connectivity index (χ2n) is 6.02. The van der Waals surface area contributed by atoms with Gasteiger partial charge in [0.25, 0.3) is 0 Å². The van der Waals surface area contributed by atoms with Gasteiger partial charge in [0.05, 0.1) is 18.8 Å². The maximum absolute atomic E-state index is 12.1. The van der Waals surface area contributed by atoms with Crippen LogP contribution in [0.15, 0.2) is 12.8 Å². The third-order valence-corrected chi connectivity index (χ3v) is 4.83. The summed E-state index contributed by atoms with van der Waals surface area (Å²) in [5.74, 6) is 0.813. The van der Waals surface area contributed by atoms with Gasteiger partial charge in [-0.15, -0.1) is 0 Å². The van der Waals surface area contributed by atoms with Crippen LogP contribution in [0.25, 0.3) is 0 Å². The van der Waals surface area contributed by atoms with Crippen molar-refractivity contribution < 1.29 is 19.1 Å². The highest BCUT2D eigenvalue weighted by molar-refractivity contribution is 5.73.